The molecule has 0 saturated carbocycles. The lowest BCUT2D eigenvalue weighted by molar-refractivity contribution is 0.0764. The van der Waals surface area contributed by atoms with Gasteiger partial charge in [-0.15, -0.1) is 0 Å². The molecule has 1 amide bonds. The van der Waals surface area contributed by atoms with Gasteiger partial charge in [-0.2, -0.15) is 0 Å². The summed E-state index contributed by atoms with van der Waals surface area (Å²) >= 11 is 0. The minimum absolute atomic E-state index is 0.0338. The number of hydrogen-bond acceptors (Lipinski definition) is 5. The molecule has 2 aromatic rings. The van der Waals surface area contributed by atoms with Gasteiger partial charge >= 0.3 is 0 Å². The van der Waals surface area contributed by atoms with E-state index in [4.69, 9.17) is 0 Å². The Balaban J connectivity index is 1.83. The Morgan fingerprint density at radius 3 is 2.23 bits per heavy atom. The van der Waals surface area contributed by atoms with Gasteiger partial charge in [0.15, 0.2) is 0 Å². The van der Waals surface area contributed by atoms with Crippen molar-refractivity contribution in [3.63, 3.8) is 0 Å². The normalized spacial score (nSPS) is 16.0. The molecule has 2 aromatic carbocycles. The summed E-state index contributed by atoms with van der Waals surface area (Å²) in [5.74, 6) is -0.317. The molecule has 1 heterocycles. The first-order valence-electron chi connectivity index (χ1n) is 9.92. The maximum Gasteiger partial charge on any atom is 0.262 e. The van der Waals surface area contributed by atoms with E-state index in [9.17, 15) is 21.6 Å². The topological polar surface area (TPSA) is 104 Å². The Morgan fingerprint density at radius 1 is 0.903 bits per heavy atom. The van der Waals surface area contributed by atoms with E-state index in [1.807, 2.05) is 19.1 Å². The van der Waals surface area contributed by atoms with Gasteiger partial charge in [-0.25, -0.2) is 21.1 Å². The summed E-state index contributed by atoms with van der Waals surface area (Å²) in [6.07, 6.45) is 1.67. The third-order valence-electron chi connectivity index (χ3n) is 5.24. The number of rotatable bonds is 5. The molecule has 31 heavy (non-hydrogen) atoms. The lowest BCUT2D eigenvalue weighted by Gasteiger charge is -2.21. The molecule has 1 aliphatic heterocycles. The molecule has 168 valence electrons. The van der Waals surface area contributed by atoms with Crippen molar-refractivity contribution in [1.29, 1.82) is 0 Å². The van der Waals surface area contributed by atoms with Crippen molar-refractivity contribution in [3.8, 4) is 0 Å². The Labute approximate surface area is 184 Å². The summed E-state index contributed by atoms with van der Waals surface area (Å²) in [6, 6.07) is 11.6. The van der Waals surface area contributed by atoms with Crippen molar-refractivity contribution in [3.05, 3.63) is 59.2 Å². The first-order valence-corrected chi connectivity index (χ1v) is 13.2. The van der Waals surface area contributed by atoms with Crippen molar-refractivity contribution in [2.45, 2.75) is 25.2 Å². The summed E-state index contributed by atoms with van der Waals surface area (Å²) in [5, 5.41) is 0. The predicted molar refractivity (Wildman–Crippen MR) is 120 cm³/mol. The van der Waals surface area contributed by atoms with Crippen molar-refractivity contribution >= 4 is 31.6 Å². The molecular formula is C21H27N3O5S2. The molecule has 0 bridgehead atoms. The van der Waals surface area contributed by atoms with Crippen molar-refractivity contribution in [2.24, 2.45) is 0 Å². The van der Waals surface area contributed by atoms with Crippen LogP contribution in [-0.2, 0) is 20.0 Å². The van der Waals surface area contributed by atoms with Gasteiger partial charge in [0.05, 0.1) is 11.2 Å². The zero-order chi connectivity index (χ0) is 22.8. The maximum atomic E-state index is 13.0. The monoisotopic (exact) mass is 465 g/mol. The highest BCUT2D eigenvalue weighted by atomic mass is 32.2. The van der Waals surface area contributed by atoms with Crippen molar-refractivity contribution in [2.75, 3.05) is 37.2 Å². The van der Waals surface area contributed by atoms with Gasteiger partial charge in [-0.05, 0) is 50.1 Å². The highest BCUT2D eigenvalue weighted by Crippen LogP contribution is 2.22. The van der Waals surface area contributed by atoms with Gasteiger partial charge < -0.3 is 4.90 Å². The lowest BCUT2D eigenvalue weighted by Crippen LogP contribution is -2.37. The largest absolute Gasteiger partial charge is 0.337 e. The Kier molecular flexibility index (Phi) is 6.73. The van der Waals surface area contributed by atoms with Crippen LogP contribution in [0.2, 0.25) is 0 Å². The summed E-state index contributed by atoms with van der Waals surface area (Å²) in [4.78, 5) is 14.6. The quantitative estimate of drug-likeness (QED) is 0.729. The molecule has 0 radical (unpaired) electrons. The summed E-state index contributed by atoms with van der Waals surface area (Å²) in [5.41, 5.74) is 2.23. The molecular weight excluding hydrogens is 438 g/mol. The molecule has 1 saturated heterocycles. The van der Waals surface area contributed by atoms with Crippen LogP contribution >= 0.6 is 0 Å². The van der Waals surface area contributed by atoms with E-state index in [0.717, 1.165) is 11.8 Å². The molecule has 0 unspecified atom stereocenters. The number of aryl methyl sites for hydroxylation is 2. The molecule has 1 fully saturated rings. The van der Waals surface area contributed by atoms with Crippen LogP contribution in [0.1, 0.15) is 27.9 Å². The van der Waals surface area contributed by atoms with Crippen molar-refractivity contribution in [1.82, 2.24) is 9.21 Å². The predicted octanol–water partition coefficient (Wildman–Crippen LogP) is 2.21. The number of nitrogens with zero attached hydrogens (tertiary/aromatic N) is 2. The molecule has 0 spiro atoms. The minimum Gasteiger partial charge on any atom is -0.337 e. The number of sulfonamides is 2. The second-order valence-electron chi connectivity index (χ2n) is 7.76. The van der Waals surface area contributed by atoms with E-state index in [2.05, 4.69) is 4.72 Å². The summed E-state index contributed by atoms with van der Waals surface area (Å²) < 4.78 is 53.4. The number of nitrogens with one attached hydrogen (secondary N) is 1. The van der Waals surface area contributed by atoms with Gasteiger partial charge in [-0.3, -0.25) is 9.52 Å². The average molecular weight is 466 g/mol. The fraction of sp³-hybridized carbons (Fsp3) is 0.381. The lowest BCUT2D eigenvalue weighted by atomic mass is 10.1. The van der Waals surface area contributed by atoms with Crippen LogP contribution in [0, 0.1) is 13.8 Å². The van der Waals surface area contributed by atoms with Crippen molar-refractivity contribution < 1.29 is 21.6 Å². The third-order valence-corrected chi connectivity index (χ3v) is 8.07. The zero-order valence-corrected chi connectivity index (χ0v) is 19.5. The molecule has 0 aliphatic carbocycles. The smallest absolute Gasteiger partial charge is 0.262 e. The molecule has 0 aromatic heterocycles. The van der Waals surface area contributed by atoms with Crippen LogP contribution < -0.4 is 4.72 Å². The fourth-order valence-corrected chi connectivity index (χ4v) is 5.67. The Bertz CT molecular complexity index is 1180. The van der Waals surface area contributed by atoms with Crippen LogP contribution in [0.4, 0.5) is 5.69 Å². The van der Waals surface area contributed by atoms with Crippen LogP contribution in [0.25, 0.3) is 0 Å². The number of hydrogen-bond donors (Lipinski definition) is 1. The number of carbonyl (C=O) groups is 1. The Morgan fingerprint density at radius 2 is 1.58 bits per heavy atom. The third kappa shape index (κ3) is 5.63. The summed E-state index contributed by atoms with van der Waals surface area (Å²) in [7, 11) is -7.21. The summed E-state index contributed by atoms with van der Waals surface area (Å²) in [6.45, 7) is 4.82. The van der Waals surface area contributed by atoms with Gasteiger partial charge in [0.2, 0.25) is 10.0 Å². The van der Waals surface area contributed by atoms with E-state index < -0.39 is 20.0 Å². The number of amides is 1. The van der Waals surface area contributed by atoms with Crippen LogP contribution in [0.15, 0.2) is 47.4 Å². The standard InChI is InChI=1S/C21H27N3O5S2/c1-16-5-9-19(10-6-16)22-31(28,29)20-15-18(8-7-17(20)2)21(25)23-11-4-12-24(14-13-23)30(3,26)27/h5-10,15,22H,4,11-14H2,1-3H3. The first kappa shape index (κ1) is 23.2. The van der Waals surface area contributed by atoms with E-state index in [1.54, 1.807) is 36.1 Å². The van der Waals surface area contributed by atoms with Gasteiger partial charge in [-0.1, -0.05) is 23.8 Å². The second kappa shape index (κ2) is 8.97. The number of benzene rings is 2. The van der Waals surface area contributed by atoms with Crippen LogP contribution in [-0.4, -0.2) is 64.4 Å². The van der Waals surface area contributed by atoms with Gasteiger partial charge in [0.1, 0.15) is 0 Å². The highest BCUT2D eigenvalue weighted by molar-refractivity contribution is 7.92. The van der Waals surface area contributed by atoms with E-state index in [0.29, 0.717) is 30.8 Å². The molecule has 1 aliphatic rings. The fourth-order valence-electron chi connectivity index (χ4n) is 3.47. The number of carbonyl (C=O) groups excluding carboxylic acids is 1. The highest BCUT2D eigenvalue weighted by Gasteiger charge is 2.26. The SMILES string of the molecule is Cc1ccc(NS(=O)(=O)c2cc(C(=O)N3CCCN(S(C)(=O)=O)CC3)ccc2C)cc1. The maximum absolute atomic E-state index is 13.0. The van der Waals surface area contributed by atoms with Gasteiger partial charge in [0, 0.05) is 37.4 Å². The molecule has 1 N–H and O–H groups in total. The second-order valence-corrected chi connectivity index (χ2v) is 11.4. The molecule has 3 rings (SSSR count). The average Bonchev–Trinajstić information content (AvgIpc) is 2.95. The molecule has 8 nitrogen and oxygen atoms in total. The van der Waals surface area contributed by atoms with E-state index in [-0.39, 0.29) is 29.5 Å². The van der Waals surface area contributed by atoms with Gasteiger partial charge in [0.25, 0.3) is 15.9 Å². The van der Waals surface area contributed by atoms with E-state index >= 15 is 0 Å². The zero-order valence-electron chi connectivity index (χ0n) is 17.8. The Hall–Kier alpha value is -2.43. The van der Waals surface area contributed by atoms with Crippen LogP contribution in [0.3, 0.4) is 0 Å². The number of anilines is 1. The molecule has 0 atom stereocenters. The minimum atomic E-state index is -3.89. The van der Waals surface area contributed by atoms with E-state index in [1.165, 1.54) is 10.4 Å². The van der Waals surface area contributed by atoms with Crippen LogP contribution in [0.5, 0.6) is 0 Å². The molecule has 10 heteroatoms. The first-order chi connectivity index (χ1) is 14.5.